The molecular formula is C18H18N2O4S2. The molecule has 0 spiro atoms. The number of hydrogen-bond donors (Lipinski definition) is 2. The monoisotopic (exact) mass is 390 g/mol. The van der Waals surface area contributed by atoms with Crippen LogP contribution in [0.5, 0.6) is 0 Å². The number of ether oxygens (including phenoxy) is 1. The van der Waals surface area contributed by atoms with E-state index in [0.29, 0.717) is 6.54 Å². The van der Waals surface area contributed by atoms with Crippen molar-refractivity contribution >= 4 is 46.6 Å². The summed E-state index contributed by atoms with van der Waals surface area (Å²) in [5.41, 5.74) is 0.747. The zero-order valence-electron chi connectivity index (χ0n) is 13.9. The van der Waals surface area contributed by atoms with Gasteiger partial charge in [-0.1, -0.05) is 18.2 Å². The van der Waals surface area contributed by atoms with Crippen LogP contribution in [0.4, 0.5) is 5.69 Å². The molecular weight excluding hydrogens is 372 g/mol. The van der Waals surface area contributed by atoms with Gasteiger partial charge in [0.05, 0.1) is 17.4 Å². The summed E-state index contributed by atoms with van der Waals surface area (Å²) in [5.74, 6) is -1.14. The van der Waals surface area contributed by atoms with Crippen molar-refractivity contribution in [3.8, 4) is 0 Å². The molecule has 2 aromatic rings. The van der Waals surface area contributed by atoms with Gasteiger partial charge in [-0.05, 0) is 30.0 Å². The third-order valence-corrected chi connectivity index (χ3v) is 5.91. The van der Waals surface area contributed by atoms with Crippen molar-refractivity contribution in [2.75, 3.05) is 18.5 Å². The zero-order valence-corrected chi connectivity index (χ0v) is 15.5. The maximum atomic E-state index is 12.1. The van der Waals surface area contributed by atoms with Crippen molar-refractivity contribution in [3.63, 3.8) is 0 Å². The number of esters is 1. The highest BCUT2D eigenvalue weighted by Gasteiger charge is 2.29. The number of fused-ring (bicyclic) bond motifs is 1. The van der Waals surface area contributed by atoms with E-state index in [1.807, 2.05) is 41.8 Å². The number of carbonyl (C=O) groups excluding carboxylic acids is 3. The quantitative estimate of drug-likeness (QED) is 0.710. The predicted molar refractivity (Wildman–Crippen MR) is 101 cm³/mol. The summed E-state index contributed by atoms with van der Waals surface area (Å²) in [6, 6.07) is 11.4. The topological polar surface area (TPSA) is 84.5 Å². The standard InChI is InChI=1S/C18H18N2O4S2/c21-16(19-8-7-12-4-3-9-25-12)11-24-17(22)10-15-18(23)20-13-5-1-2-6-14(13)26-15/h1-6,9,15H,7-8,10-11H2,(H,19,21)(H,20,23)/t15-/m1/s1. The fraction of sp³-hybridized carbons (Fsp3) is 0.278. The Labute approximate surface area is 159 Å². The van der Waals surface area contributed by atoms with Gasteiger partial charge >= 0.3 is 5.97 Å². The molecule has 2 N–H and O–H groups in total. The van der Waals surface area contributed by atoms with Crippen LogP contribution in [0.15, 0.2) is 46.7 Å². The summed E-state index contributed by atoms with van der Waals surface area (Å²) in [7, 11) is 0. The van der Waals surface area contributed by atoms with Crippen LogP contribution in [0.25, 0.3) is 0 Å². The molecule has 0 radical (unpaired) electrons. The predicted octanol–water partition coefficient (Wildman–Crippen LogP) is 2.45. The van der Waals surface area contributed by atoms with Crippen LogP contribution in [0, 0.1) is 0 Å². The van der Waals surface area contributed by atoms with Gasteiger partial charge in [-0.25, -0.2) is 0 Å². The minimum atomic E-state index is -0.564. The molecule has 2 heterocycles. The number of anilines is 1. The molecule has 0 fully saturated rings. The van der Waals surface area contributed by atoms with Gasteiger partial charge in [0, 0.05) is 16.3 Å². The van der Waals surface area contributed by atoms with E-state index < -0.39 is 11.2 Å². The van der Waals surface area contributed by atoms with E-state index >= 15 is 0 Å². The summed E-state index contributed by atoms with van der Waals surface area (Å²) >= 11 is 2.96. The first-order valence-electron chi connectivity index (χ1n) is 8.13. The minimum absolute atomic E-state index is 0.0761. The Morgan fingerprint density at radius 2 is 2.04 bits per heavy atom. The van der Waals surface area contributed by atoms with Gasteiger partial charge in [0.1, 0.15) is 0 Å². The molecule has 2 amide bonds. The number of benzene rings is 1. The molecule has 1 atom stereocenters. The van der Waals surface area contributed by atoms with Crippen LogP contribution >= 0.6 is 23.1 Å². The van der Waals surface area contributed by atoms with Crippen LogP contribution in [-0.4, -0.2) is 36.2 Å². The lowest BCUT2D eigenvalue weighted by Gasteiger charge is -2.23. The molecule has 0 saturated heterocycles. The van der Waals surface area contributed by atoms with Gasteiger partial charge in [-0.2, -0.15) is 0 Å². The number of rotatable bonds is 7. The first kappa shape index (κ1) is 18.5. The number of carbonyl (C=O) groups is 3. The van der Waals surface area contributed by atoms with E-state index in [4.69, 9.17) is 4.74 Å². The highest BCUT2D eigenvalue weighted by Crippen LogP contribution is 2.36. The molecule has 0 bridgehead atoms. The third kappa shape index (κ3) is 5.09. The molecule has 8 heteroatoms. The average molecular weight is 390 g/mol. The molecule has 1 aromatic heterocycles. The molecule has 0 saturated carbocycles. The molecule has 6 nitrogen and oxygen atoms in total. The van der Waals surface area contributed by atoms with Gasteiger partial charge < -0.3 is 15.4 Å². The fourth-order valence-corrected chi connectivity index (χ4v) is 4.22. The summed E-state index contributed by atoms with van der Waals surface area (Å²) in [6.45, 7) is 0.160. The number of nitrogens with one attached hydrogen (secondary N) is 2. The summed E-state index contributed by atoms with van der Waals surface area (Å²) in [6.07, 6.45) is 0.670. The maximum absolute atomic E-state index is 12.1. The first-order chi connectivity index (χ1) is 12.6. The van der Waals surface area contributed by atoms with Gasteiger partial charge in [0.25, 0.3) is 5.91 Å². The van der Waals surface area contributed by atoms with Crippen LogP contribution in [-0.2, 0) is 25.5 Å². The number of thiophene rings is 1. The average Bonchev–Trinajstić information content (AvgIpc) is 3.14. The Balaban J connectivity index is 1.38. The second kappa shape index (κ2) is 8.86. The zero-order chi connectivity index (χ0) is 18.4. The molecule has 1 aliphatic rings. The Hall–Kier alpha value is -2.32. The van der Waals surface area contributed by atoms with Crippen LogP contribution in [0.3, 0.4) is 0 Å². The molecule has 0 aliphatic carbocycles. The van der Waals surface area contributed by atoms with E-state index in [0.717, 1.165) is 17.0 Å². The smallest absolute Gasteiger partial charge is 0.307 e. The van der Waals surface area contributed by atoms with E-state index in [1.54, 1.807) is 11.3 Å². The second-order valence-electron chi connectivity index (χ2n) is 5.64. The van der Waals surface area contributed by atoms with Crippen molar-refractivity contribution in [1.82, 2.24) is 5.32 Å². The molecule has 26 heavy (non-hydrogen) atoms. The SMILES string of the molecule is O=C(COC(=O)C[C@H]1Sc2ccccc2NC1=O)NCCc1cccs1. The number of thioether (sulfide) groups is 1. The van der Waals surface area contributed by atoms with Crippen molar-refractivity contribution in [3.05, 3.63) is 46.7 Å². The molecule has 1 aliphatic heterocycles. The van der Waals surface area contributed by atoms with E-state index in [-0.39, 0.29) is 24.8 Å². The van der Waals surface area contributed by atoms with Crippen molar-refractivity contribution < 1.29 is 19.1 Å². The van der Waals surface area contributed by atoms with Crippen molar-refractivity contribution in [2.45, 2.75) is 23.0 Å². The van der Waals surface area contributed by atoms with Gasteiger partial charge in [-0.3, -0.25) is 14.4 Å². The van der Waals surface area contributed by atoms with Gasteiger partial charge in [0.15, 0.2) is 6.61 Å². The van der Waals surface area contributed by atoms with E-state index in [9.17, 15) is 14.4 Å². The normalized spacial score (nSPS) is 15.7. The van der Waals surface area contributed by atoms with Gasteiger partial charge in [-0.15, -0.1) is 23.1 Å². The highest BCUT2D eigenvalue weighted by molar-refractivity contribution is 8.01. The second-order valence-corrected chi connectivity index (χ2v) is 7.91. The van der Waals surface area contributed by atoms with Crippen molar-refractivity contribution in [2.24, 2.45) is 0 Å². The summed E-state index contributed by atoms with van der Waals surface area (Å²) in [5, 5.41) is 6.91. The number of para-hydroxylation sites is 1. The first-order valence-corrected chi connectivity index (χ1v) is 9.89. The Morgan fingerprint density at radius 1 is 1.19 bits per heavy atom. The van der Waals surface area contributed by atoms with Gasteiger partial charge in [0.2, 0.25) is 5.91 Å². The largest absolute Gasteiger partial charge is 0.456 e. The maximum Gasteiger partial charge on any atom is 0.307 e. The minimum Gasteiger partial charge on any atom is -0.456 e. The summed E-state index contributed by atoms with van der Waals surface area (Å²) < 4.78 is 4.99. The van der Waals surface area contributed by atoms with Crippen LogP contribution in [0.2, 0.25) is 0 Å². The summed E-state index contributed by atoms with van der Waals surface area (Å²) in [4.78, 5) is 37.8. The Kier molecular flexibility index (Phi) is 6.30. The lowest BCUT2D eigenvalue weighted by atomic mass is 10.2. The Bertz CT molecular complexity index is 792. The molecule has 3 rings (SSSR count). The molecule has 0 unspecified atom stereocenters. The Morgan fingerprint density at radius 3 is 2.85 bits per heavy atom. The lowest BCUT2D eigenvalue weighted by Crippen LogP contribution is -2.33. The lowest BCUT2D eigenvalue weighted by molar-refractivity contribution is -0.149. The highest BCUT2D eigenvalue weighted by atomic mass is 32.2. The van der Waals surface area contributed by atoms with E-state index in [2.05, 4.69) is 10.6 Å². The van der Waals surface area contributed by atoms with E-state index in [1.165, 1.54) is 16.6 Å². The number of amides is 2. The molecule has 136 valence electrons. The van der Waals surface area contributed by atoms with Crippen LogP contribution in [0.1, 0.15) is 11.3 Å². The van der Waals surface area contributed by atoms with Crippen LogP contribution < -0.4 is 10.6 Å². The third-order valence-electron chi connectivity index (χ3n) is 3.70. The molecule has 1 aromatic carbocycles. The van der Waals surface area contributed by atoms with Crippen molar-refractivity contribution in [1.29, 1.82) is 0 Å². The number of hydrogen-bond acceptors (Lipinski definition) is 6. The fourth-order valence-electron chi connectivity index (χ4n) is 2.41.